The first-order chi connectivity index (χ1) is 13.3. The first-order valence-electron chi connectivity index (χ1n) is 8.40. The highest BCUT2D eigenvalue weighted by atomic mass is 32.2. The lowest BCUT2D eigenvalue weighted by atomic mass is 10.3. The van der Waals surface area contributed by atoms with Crippen molar-refractivity contribution in [3.8, 4) is 0 Å². The molecule has 2 aromatic carbocycles. The summed E-state index contributed by atoms with van der Waals surface area (Å²) in [6.07, 6.45) is 3.25. The summed E-state index contributed by atoms with van der Waals surface area (Å²) in [5.74, 6) is 0. The van der Waals surface area contributed by atoms with Gasteiger partial charge in [-0.3, -0.25) is 14.6 Å². The van der Waals surface area contributed by atoms with Gasteiger partial charge in [-0.15, -0.1) is 0 Å². The Morgan fingerprint density at radius 1 is 0.926 bits per heavy atom. The predicted octanol–water partition coefficient (Wildman–Crippen LogP) is 4.29. The Labute approximate surface area is 160 Å². The second-order valence-electron chi connectivity index (χ2n) is 5.72. The van der Waals surface area contributed by atoms with Crippen LogP contribution in [0.2, 0.25) is 0 Å². The number of rotatable bonds is 5. The third kappa shape index (κ3) is 3.91. The normalized spacial score (nSPS) is 11.1. The first kappa shape index (κ1) is 17.1. The summed E-state index contributed by atoms with van der Waals surface area (Å²) in [6.45, 7) is 0. The smallest absolute Gasteiger partial charge is 0.267 e. The van der Waals surface area contributed by atoms with Gasteiger partial charge in [-0.05, 0) is 36.4 Å². The van der Waals surface area contributed by atoms with Crippen LogP contribution in [0, 0.1) is 0 Å². The third-order valence-corrected chi connectivity index (χ3v) is 4.87. The lowest BCUT2D eigenvalue weighted by Crippen LogP contribution is -2.21. The number of hydrogen-bond donors (Lipinski definition) is 1. The van der Waals surface area contributed by atoms with Gasteiger partial charge >= 0.3 is 0 Å². The van der Waals surface area contributed by atoms with Gasteiger partial charge in [0.2, 0.25) is 0 Å². The van der Waals surface area contributed by atoms with Crippen molar-refractivity contribution >= 4 is 29.3 Å². The molecule has 132 valence electrons. The van der Waals surface area contributed by atoms with Crippen LogP contribution in [-0.4, -0.2) is 15.6 Å². The maximum Gasteiger partial charge on any atom is 0.267 e. The highest BCUT2D eigenvalue weighted by Gasteiger charge is 2.12. The molecule has 6 heteroatoms. The number of fused-ring (bicyclic) bond motifs is 1. The Balaban J connectivity index is 1.75. The van der Waals surface area contributed by atoms with Crippen molar-refractivity contribution in [1.82, 2.24) is 9.38 Å². The molecule has 0 spiro atoms. The Morgan fingerprint density at radius 3 is 2.41 bits per heavy atom. The van der Waals surface area contributed by atoms with Gasteiger partial charge in [-0.2, -0.15) is 5.10 Å². The van der Waals surface area contributed by atoms with Crippen LogP contribution < -0.4 is 11.0 Å². The average molecular weight is 372 g/mol. The number of benzene rings is 2. The highest BCUT2D eigenvalue weighted by Crippen LogP contribution is 2.27. The number of anilines is 1. The first-order valence-corrected chi connectivity index (χ1v) is 9.21. The number of nitrogens with one attached hydrogen (secondary N) is 1. The lowest BCUT2D eigenvalue weighted by molar-refractivity contribution is 0.977. The van der Waals surface area contributed by atoms with E-state index in [9.17, 15) is 4.79 Å². The van der Waals surface area contributed by atoms with E-state index < -0.39 is 0 Å². The summed E-state index contributed by atoms with van der Waals surface area (Å²) in [7, 11) is 0. The second kappa shape index (κ2) is 7.88. The molecular formula is C21H16N4OS. The molecule has 0 aliphatic carbocycles. The second-order valence-corrected chi connectivity index (χ2v) is 6.78. The molecule has 5 nitrogen and oxygen atoms in total. The van der Waals surface area contributed by atoms with Gasteiger partial charge in [0.05, 0.1) is 17.5 Å². The zero-order valence-corrected chi connectivity index (χ0v) is 15.1. The van der Waals surface area contributed by atoms with Crippen molar-refractivity contribution in [1.29, 1.82) is 0 Å². The van der Waals surface area contributed by atoms with Crippen LogP contribution in [0.25, 0.3) is 5.65 Å². The van der Waals surface area contributed by atoms with Crippen molar-refractivity contribution in [2.75, 3.05) is 5.43 Å². The molecule has 0 saturated heterocycles. The van der Waals surface area contributed by atoms with Gasteiger partial charge in [0.15, 0.2) is 0 Å². The minimum absolute atomic E-state index is 0.155. The Morgan fingerprint density at radius 2 is 1.63 bits per heavy atom. The summed E-state index contributed by atoms with van der Waals surface area (Å²) in [6, 6.07) is 24.9. The zero-order valence-electron chi connectivity index (χ0n) is 14.3. The van der Waals surface area contributed by atoms with E-state index in [1.807, 2.05) is 78.9 Å². The van der Waals surface area contributed by atoms with E-state index in [1.54, 1.807) is 6.20 Å². The number of hydrogen-bond acceptors (Lipinski definition) is 5. The van der Waals surface area contributed by atoms with Gasteiger partial charge in [0, 0.05) is 11.1 Å². The Hall–Kier alpha value is -3.38. The van der Waals surface area contributed by atoms with Gasteiger partial charge in [-0.25, -0.2) is 4.98 Å². The molecule has 0 saturated carbocycles. The van der Waals surface area contributed by atoms with Crippen LogP contribution in [-0.2, 0) is 0 Å². The maximum absolute atomic E-state index is 13.0. The van der Waals surface area contributed by atoms with Crippen LogP contribution in [0.15, 0.2) is 105 Å². The highest BCUT2D eigenvalue weighted by molar-refractivity contribution is 7.99. The van der Waals surface area contributed by atoms with Crippen LogP contribution in [0.3, 0.4) is 0 Å². The summed E-state index contributed by atoms with van der Waals surface area (Å²) >= 11 is 1.45. The molecule has 0 amide bonds. The number of para-hydroxylation sites is 1. The fourth-order valence-corrected chi connectivity index (χ4v) is 3.46. The maximum atomic E-state index is 13.0. The summed E-state index contributed by atoms with van der Waals surface area (Å²) in [5, 5.41) is 4.86. The average Bonchev–Trinajstić information content (AvgIpc) is 2.72. The number of hydrazone groups is 1. The summed E-state index contributed by atoms with van der Waals surface area (Å²) in [5.41, 5.74) is 4.68. The molecule has 0 aliphatic heterocycles. The van der Waals surface area contributed by atoms with Crippen LogP contribution in [0.5, 0.6) is 0 Å². The van der Waals surface area contributed by atoms with Crippen molar-refractivity contribution < 1.29 is 0 Å². The molecule has 0 radical (unpaired) electrons. The summed E-state index contributed by atoms with van der Waals surface area (Å²) in [4.78, 5) is 18.6. The van der Waals surface area contributed by atoms with E-state index in [1.165, 1.54) is 22.4 Å². The molecule has 4 rings (SSSR count). The van der Waals surface area contributed by atoms with Crippen molar-refractivity contribution in [3.05, 3.63) is 101 Å². The molecule has 2 aromatic heterocycles. The molecule has 0 bridgehead atoms. The van der Waals surface area contributed by atoms with Crippen LogP contribution in [0.4, 0.5) is 5.69 Å². The molecule has 0 unspecified atom stereocenters. The van der Waals surface area contributed by atoms with Crippen LogP contribution in [0.1, 0.15) is 5.56 Å². The zero-order chi connectivity index (χ0) is 18.5. The van der Waals surface area contributed by atoms with Gasteiger partial charge in [0.1, 0.15) is 10.7 Å². The molecule has 1 N–H and O–H groups in total. The van der Waals surface area contributed by atoms with Gasteiger partial charge in [0.25, 0.3) is 5.56 Å². The number of aromatic nitrogens is 2. The van der Waals surface area contributed by atoms with Crippen molar-refractivity contribution in [2.24, 2.45) is 5.10 Å². The fraction of sp³-hybridized carbons (Fsp3) is 0. The predicted molar refractivity (Wildman–Crippen MR) is 110 cm³/mol. The third-order valence-electron chi connectivity index (χ3n) is 3.85. The molecule has 0 atom stereocenters. The van der Waals surface area contributed by atoms with E-state index in [0.717, 1.165) is 10.6 Å². The summed E-state index contributed by atoms with van der Waals surface area (Å²) < 4.78 is 1.53. The standard InChI is InChI=1S/C21H16N4OS/c26-21-18(15-22-24-16-9-3-1-4-10-16)20(27-17-11-5-2-6-12-17)23-19-13-7-8-14-25(19)21/h1-15,24H. The van der Waals surface area contributed by atoms with Crippen molar-refractivity contribution in [3.63, 3.8) is 0 Å². The van der Waals surface area contributed by atoms with E-state index in [2.05, 4.69) is 15.5 Å². The molecule has 0 fully saturated rings. The lowest BCUT2D eigenvalue weighted by Gasteiger charge is -2.08. The SMILES string of the molecule is O=c1c(C=NNc2ccccc2)c(Sc2ccccc2)nc2ccccn12. The Kier molecular flexibility index (Phi) is 4.98. The molecule has 2 heterocycles. The van der Waals surface area contributed by atoms with E-state index >= 15 is 0 Å². The molecule has 0 aliphatic rings. The number of nitrogens with zero attached hydrogens (tertiary/aromatic N) is 3. The van der Waals surface area contributed by atoms with E-state index in [4.69, 9.17) is 0 Å². The minimum Gasteiger partial charge on any atom is -0.279 e. The number of pyridine rings is 1. The minimum atomic E-state index is -0.155. The van der Waals surface area contributed by atoms with E-state index in [-0.39, 0.29) is 5.56 Å². The quantitative estimate of drug-likeness (QED) is 0.322. The molecule has 27 heavy (non-hydrogen) atoms. The van der Waals surface area contributed by atoms with Gasteiger partial charge < -0.3 is 0 Å². The molecular weight excluding hydrogens is 356 g/mol. The fourth-order valence-electron chi connectivity index (χ4n) is 2.55. The molecule has 4 aromatic rings. The largest absolute Gasteiger partial charge is 0.279 e. The monoisotopic (exact) mass is 372 g/mol. The Bertz CT molecular complexity index is 1140. The van der Waals surface area contributed by atoms with E-state index in [0.29, 0.717) is 16.2 Å². The van der Waals surface area contributed by atoms with Crippen molar-refractivity contribution in [2.45, 2.75) is 9.92 Å². The van der Waals surface area contributed by atoms with Gasteiger partial charge in [-0.1, -0.05) is 54.2 Å². The topological polar surface area (TPSA) is 58.8 Å². The van der Waals surface area contributed by atoms with Crippen LogP contribution >= 0.6 is 11.8 Å².